The van der Waals surface area contributed by atoms with Gasteiger partial charge in [0.05, 0.1) is 17.5 Å². The molecule has 0 radical (unpaired) electrons. The Hall–Kier alpha value is -2.72. The van der Waals surface area contributed by atoms with Crippen LogP contribution in [0.25, 0.3) is 0 Å². The van der Waals surface area contributed by atoms with Gasteiger partial charge in [0.1, 0.15) is 0 Å². The van der Waals surface area contributed by atoms with Gasteiger partial charge in [0, 0.05) is 15.8 Å². The predicted octanol–water partition coefficient (Wildman–Crippen LogP) is 5.02. The molecular weight excluding hydrogens is 426 g/mol. The van der Waals surface area contributed by atoms with Crippen LogP contribution in [0.15, 0.2) is 77.3 Å². The lowest BCUT2D eigenvalue weighted by molar-refractivity contribution is -0.123. The van der Waals surface area contributed by atoms with Gasteiger partial charge in [-0.15, -0.1) is 0 Å². The third-order valence-electron chi connectivity index (χ3n) is 7.11. The van der Waals surface area contributed by atoms with Crippen LogP contribution < -0.4 is 4.90 Å². The molecule has 0 saturated carbocycles. The van der Waals surface area contributed by atoms with Gasteiger partial charge in [-0.1, -0.05) is 77.5 Å². The summed E-state index contributed by atoms with van der Waals surface area (Å²) >= 11 is 3.47. The van der Waals surface area contributed by atoms with Crippen molar-refractivity contribution in [3.63, 3.8) is 0 Å². The molecule has 2 atom stereocenters. The van der Waals surface area contributed by atoms with E-state index >= 15 is 0 Å². The molecular formula is C25H18BrNO2. The van der Waals surface area contributed by atoms with Gasteiger partial charge in [-0.3, -0.25) is 9.59 Å². The van der Waals surface area contributed by atoms with Crippen molar-refractivity contribution in [1.29, 1.82) is 0 Å². The molecule has 0 unspecified atom stereocenters. The van der Waals surface area contributed by atoms with Crippen LogP contribution in [-0.4, -0.2) is 11.8 Å². The zero-order chi connectivity index (χ0) is 19.9. The van der Waals surface area contributed by atoms with E-state index in [1.54, 1.807) is 0 Å². The van der Waals surface area contributed by atoms with Crippen LogP contribution in [0.5, 0.6) is 0 Å². The number of amides is 2. The second kappa shape index (κ2) is 5.67. The molecule has 0 N–H and O–H groups in total. The monoisotopic (exact) mass is 443 g/mol. The number of carbonyl (C=O) groups is 2. The van der Waals surface area contributed by atoms with Gasteiger partial charge in [0.15, 0.2) is 0 Å². The van der Waals surface area contributed by atoms with Crippen LogP contribution in [0, 0.1) is 11.8 Å². The van der Waals surface area contributed by atoms with E-state index in [-0.39, 0.29) is 29.6 Å². The first-order chi connectivity index (χ1) is 14.0. The van der Waals surface area contributed by atoms with Gasteiger partial charge in [-0.2, -0.15) is 0 Å². The highest BCUT2D eigenvalue weighted by Gasteiger charge is 2.66. The van der Waals surface area contributed by atoms with Crippen LogP contribution >= 0.6 is 15.9 Å². The highest BCUT2D eigenvalue weighted by atomic mass is 79.9. The molecule has 3 aromatic carbocycles. The number of nitrogens with zero attached hydrogens (tertiary/aromatic N) is 1. The molecule has 1 fully saturated rings. The molecule has 3 nitrogen and oxygen atoms in total. The summed E-state index contributed by atoms with van der Waals surface area (Å²) in [6.07, 6.45) is 0. The fourth-order valence-electron chi connectivity index (χ4n) is 6.02. The van der Waals surface area contributed by atoms with Crippen molar-refractivity contribution >= 4 is 33.4 Å². The summed E-state index contributed by atoms with van der Waals surface area (Å²) in [7, 11) is 0. The lowest BCUT2D eigenvalue weighted by Gasteiger charge is -2.52. The third kappa shape index (κ3) is 1.98. The van der Waals surface area contributed by atoms with Crippen molar-refractivity contribution in [2.75, 3.05) is 4.90 Å². The SMILES string of the molecule is CC12c3ccccc3C(c3ccccc31)[C@@H]1C(=O)N(c3cccc(Br)c3)C(=O)[C@@H]12. The van der Waals surface area contributed by atoms with Crippen molar-refractivity contribution in [2.24, 2.45) is 11.8 Å². The minimum absolute atomic E-state index is 0.0807. The first-order valence-electron chi connectivity index (χ1n) is 9.85. The number of halogens is 1. The number of anilines is 1. The number of rotatable bonds is 1. The average molecular weight is 444 g/mol. The van der Waals surface area contributed by atoms with E-state index in [0.29, 0.717) is 5.69 Å². The van der Waals surface area contributed by atoms with E-state index < -0.39 is 5.41 Å². The summed E-state index contributed by atoms with van der Waals surface area (Å²) in [4.78, 5) is 28.9. The van der Waals surface area contributed by atoms with E-state index in [9.17, 15) is 9.59 Å². The lowest BCUT2D eigenvalue weighted by Crippen LogP contribution is -2.51. The minimum atomic E-state index is -0.514. The Labute approximate surface area is 177 Å². The van der Waals surface area contributed by atoms with Crippen molar-refractivity contribution in [2.45, 2.75) is 18.3 Å². The minimum Gasteiger partial charge on any atom is -0.274 e. The number of benzene rings is 3. The van der Waals surface area contributed by atoms with E-state index in [1.807, 2.05) is 48.5 Å². The maximum atomic E-state index is 13.8. The lowest BCUT2D eigenvalue weighted by atomic mass is 9.48. The molecule has 4 aliphatic rings. The van der Waals surface area contributed by atoms with E-state index in [1.165, 1.54) is 27.2 Å². The summed E-state index contributed by atoms with van der Waals surface area (Å²) in [5, 5.41) is 0. The Kier molecular flexibility index (Phi) is 3.35. The van der Waals surface area contributed by atoms with Crippen LogP contribution in [0.1, 0.15) is 35.1 Å². The summed E-state index contributed by atoms with van der Waals surface area (Å²) in [5.74, 6) is -1.00. The zero-order valence-corrected chi connectivity index (χ0v) is 17.4. The Bertz CT molecular complexity index is 1170. The molecule has 3 aromatic rings. The maximum Gasteiger partial charge on any atom is 0.238 e. The molecule has 3 aliphatic carbocycles. The van der Waals surface area contributed by atoms with Gasteiger partial charge >= 0.3 is 0 Å². The number of carbonyl (C=O) groups excluding carboxylic acids is 2. The Morgan fingerprint density at radius 2 is 1.45 bits per heavy atom. The quantitative estimate of drug-likeness (QED) is 0.495. The second-order valence-corrected chi connectivity index (χ2v) is 9.27. The molecule has 4 heteroatoms. The molecule has 0 aromatic heterocycles. The van der Waals surface area contributed by atoms with Gasteiger partial charge in [-0.25, -0.2) is 4.90 Å². The summed E-state index contributed by atoms with van der Waals surface area (Å²) in [5.41, 5.74) is 4.86. The van der Waals surface area contributed by atoms with Gasteiger partial charge in [-0.05, 0) is 40.5 Å². The second-order valence-electron chi connectivity index (χ2n) is 8.35. The van der Waals surface area contributed by atoms with Gasteiger partial charge in [0.2, 0.25) is 11.8 Å². The highest BCUT2D eigenvalue weighted by Crippen LogP contribution is 2.64. The maximum absolute atomic E-state index is 13.8. The smallest absolute Gasteiger partial charge is 0.238 e. The Morgan fingerprint density at radius 3 is 2.07 bits per heavy atom. The van der Waals surface area contributed by atoms with Gasteiger partial charge in [0.25, 0.3) is 0 Å². The molecule has 1 aliphatic heterocycles. The third-order valence-corrected chi connectivity index (χ3v) is 7.60. The molecule has 2 bridgehead atoms. The fourth-order valence-corrected chi connectivity index (χ4v) is 6.41. The zero-order valence-electron chi connectivity index (χ0n) is 15.8. The summed E-state index contributed by atoms with van der Waals surface area (Å²) in [6.45, 7) is 2.15. The molecule has 7 rings (SSSR count). The average Bonchev–Trinajstić information content (AvgIpc) is 3.00. The first kappa shape index (κ1) is 17.2. The van der Waals surface area contributed by atoms with Crippen LogP contribution in [-0.2, 0) is 15.0 Å². The fraction of sp³-hybridized carbons (Fsp3) is 0.200. The van der Waals surface area contributed by atoms with Crippen molar-refractivity contribution < 1.29 is 9.59 Å². The van der Waals surface area contributed by atoms with Crippen molar-refractivity contribution in [3.05, 3.63) is 99.5 Å². The van der Waals surface area contributed by atoms with Crippen molar-refractivity contribution in [1.82, 2.24) is 0 Å². The Morgan fingerprint density at radius 1 is 0.828 bits per heavy atom. The van der Waals surface area contributed by atoms with Crippen LogP contribution in [0.3, 0.4) is 0 Å². The normalized spacial score (nSPS) is 28.9. The topological polar surface area (TPSA) is 37.4 Å². The summed E-state index contributed by atoms with van der Waals surface area (Å²) in [6, 6.07) is 24.1. The molecule has 0 spiro atoms. The van der Waals surface area contributed by atoms with E-state index in [4.69, 9.17) is 0 Å². The molecule has 142 valence electrons. The molecule has 1 heterocycles. The van der Waals surface area contributed by atoms with Crippen LogP contribution in [0.4, 0.5) is 5.69 Å². The molecule has 2 amide bonds. The number of hydrogen-bond acceptors (Lipinski definition) is 2. The van der Waals surface area contributed by atoms with Crippen molar-refractivity contribution in [3.8, 4) is 0 Å². The van der Waals surface area contributed by atoms with E-state index in [2.05, 4.69) is 47.1 Å². The predicted molar refractivity (Wildman–Crippen MR) is 115 cm³/mol. The standard InChI is InChI=1S/C25H18BrNO2/c1-25-18-11-4-2-9-16(18)20(17-10-3-5-12-19(17)25)21-22(25)24(29)27(23(21)28)15-8-6-7-14(26)13-15/h2-13,20-22H,1H3/t20?,21-,22+,25?/m0/s1. The number of imide groups is 1. The molecule has 29 heavy (non-hydrogen) atoms. The van der Waals surface area contributed by atoms with Crippen LogP contribution in [0.2, 0.25) is 0 Å². The van der Waals surface area contributed by atoms with Gasteiger partial charge < -0.3 is 0 Å². The highest BCUT2D eigenvalue weighted by molar-refractivity contribution is 9.10. The number of hydrogen-bond donors (Lipinski definition) is 0. The first-order valence-corrected chi connectivity index (χ1v) is 10.6. The largest absolute Gasteiger partial charge is 0.274 e. The Balaban J connectivity index is 1.63. The summed E-state index contributed by atoms with van der Waals surface area (Å²) < 4.78 is 0.853. The van der Waals surface area contributed by atoms with E-state index in [0.717, 1.165) is 4.47 Å². The molecule has 1 saturated heterocycles.